The Morgan fingerprint density at radius 1 is 1.18 bits per heavy atom. The van der Waals surface area contributed by atoms with Crippen molar-refractivity contribution in [2.45, 2.75) is 4.90 Å². The molecule has 0 amide bonds. The Morgan fingerprint density at radius 2 is 1.91 bits per heavy atom. The molecule has 3 rings (SSSR count). The van der Waals surface area contributed by atoms with Gasteiger partial charge in [0, 0.05) is 16.6 Å². The molecule has 0 aliphatic carbocycles. The van der Waals surface area contributed by atoms with E-state index in [1.807, 2.05) is 0 Å². The van der Waals surface area contributed by atoms with Gasteiger partial charge < -0.3 is 5.21 Å². The van der Waals surface area contributed by atoms with E-state index in [1.54, 1.807) is 6.07 Å². The maximum Gasteiger partial charge on any atom is 0.248 e. The fourth-order valence-corrected chi connectivity index (χ4v) is 2.87. The van der Waals surface area contributed by atoms with Crippen LogP contribution in [0.2, 0.25) is 0 Å². The molecule has 0 atom stereocenters. The summed E-state index contributed by atoms with van der Waals surface area (Å²) >= 11 is 0. The van der Waals surface area contributed by atoms with Crippen LogP contribution in [0, 0.1) is 11.0 Å². The zero-order valence-electron chi connectivity index (χ0n) is 11.0. The Hall–Kier alpha value is -2.74. The number of hydrogen-bond donors (Lipinski definition) is 0. The zero-order chi connectivity index (χ0) is 15.7. The molecule has 0 radical (unpaired) electrons. The van der Waals surface area contributed by atoms with Gasteiger partial charge in [0.1, 0.15) is 5.82 Å². The number of rotatable bonds is 3. The Bertz CT molecular complexity index is 962. The van der Waals surface area contributed by atoms with Crippen LogP contribution in [0.15, 0.2) is 57.4 Å². The van der Waals surface area contributed by atoms with E-state index in [2.05, 4.69) is 9.79 Å². The molecule has 0 unspecified atom stereocenters. The highest BCUT2D eigenvalue weighted by Gasteiger charge is 2.11. The smallest absolute Gasteiger partial charge is 0.248 e. The molecule has 0 aliphatic rings. The molecule has 0 N–H and O–H groups in total. The average Bonchev–Trinajstić information content (AvgIpc) is 2.87. The van der Waals surface area contributed by atoms with Crippen LogP contribution in [-0.4, -0.2) is 13.6 Å². The van der Waals surface area contributed by atoms with Crippen LogP contribution in [-0.2, 0) is 9.84 Å². The van der Waals surface area contributed by atoms with Gasteiger partial charge in [0.25, 0.3) is 0 Å². The lowest BCUT2D eigenvalue weighted by Crippen LogP contribution is -2.22. The molecule has 0 saturated carbocycles. The summed E-state index contributed by atoms with van der Waals surface area (Å²) in [7, 11) is -3.70. The van der Waals surface area contributed by atoms with Gasteiger partial charge in [-0.2, -0.15) is 0 Å². The lowest BCUT2D eigenvalue weighted by molar-refractivity contribution is -0.782. The molecular weight excluding hydrogens is 311 g/mol. The molecule has 0 fully saturated rings. The largest absolute Gasteiger partial charge is 0.359 e. The van der Waals surface area contributed by atoms with Crippen molar-refractivity contribution in [2.24, 2.45) is 0 Å². The summed E-state index contributed by atoms with van der Waals surface area (Å²) in [6.07, 6.45) is 1.34. The normalized spacial score (nSPS) is 12.2. The van der Waals surface area contributed by atoms with E-state index >= 15 is 0 Å². The van der Waals surface area contributed by atoms with Crippen molar-refractivity contribution in [1.29, 1.82) is 0 Å². The summed E-state index contributed by atoms with van der Waals surface area (Å²) in [5, 5.41) is 15.8. The predicted molar refractivity (Wildman–Crippen MR) is 75.6 cm³/mol. The summed E-state index contributed by atoms with van der Waals surface area (Å²) in [4.78, 5) is 0.219. The van der Waals surface area contributed by atoms with Crippen LogP contribution < -0.4 is 4.90 Å². The molecular formula is C14H9FN2O4S. The number of aromatic nitrogens is 2. The zero-order valence-corrected chi connectivity index (χ0v) is 11.8. The van der Waals surface area contributed by atoms with Crippen LogP contribution in [0.25, 0.3) is 17.1 Å². The Balaban J connectivity index is 1.94. The van der Waals surface area contributed by atoms with Gasteiger partial charge in [0.2, 0.25) is 11.0 Å². The molecule has 1 heterocycles. The first-order chi connectivity index (χ1) is 10.5. The molecule has 0 bridgehead atoms. The maximum atomic E-state index is 12.8. The number of halogens is 1. The first kappa shape index (κ1) is 14.2. The van der Waals surface area contributed by atoms with Crippen molar-refractivity contribution in [3.05, 3.63) is 64.5 Å². The number of nitrogens with zero attached hydrogens (tertiary/aromatic N) is 2. The molecule has 0 spiro atoms. The quantitative estimate of drug-likeness (QED) is 0.544. The minimum absolute atomic E-state index is 0.0184. The minimum Gasteiger partial charge on any atom is -0.359 e. The van der Waals surface area contributed by atoms with Crippen molar-refractivity contribution in [3.63, 3.8) is 0 Å². The second kappa shape index (κ2) is 5.23. The van der Waals surface area contributed by atoms with E-state index < -0.39 is 15.7 Å². The third-order valence-electron chi connectivity index (χ3n) is 2.99. The van der Waals surface area contributed by atoms with E-state index in [9.17, 15) is 18.0 Å². The summed E-state index contributed by atoms with van der Waals surface area (Å²) in [5.41, 5.74) is 1.06. The number of fused-ring (bicyclic) bond motifs is 1. The van der Waals surface area contributed by atoms with Gasteiger partial charge in [-0.3, -0.25) is 4.63 Å². The van der Waals surface area contributed by atoms with Crippen LogP contribution in [0.3, 0.4) is 0 Å². The summed E-state index contributed by atoms with van der Waals surface area (Å²) in [6.45, 7) is 0. The fraction of sp³-hybridized carbons (Fsp3) is 0. The van der Waals surface area contributed by atoms with Gasteiger partial charge >= 0.3 is 0 Å². The van der Waals surface area contributed by atoms with Gasteiger partial charge in [-0.25, -0.2) is 12.8 Å². The van der Waals surface area contributed by atoms with E-state index in [4.69, 9.17) is 0 Å². The first-order valence-corrected chi connectivity index (χ1v) is 7.68. The maximum absolute atomic E-state index is 12.8. The molecule has 3 aromatic rings. The third-order valence-corrected chi connectivity index (χ3v) is 4.41. The highest BCUT2D eigenvalue weighted by Crippen LogP contribution is 2.16. The number of benzene rings is 2. The van der Waals surface area contributed by atoms with Crippen molar-refractivity contribution in [3.8, 4) is 0 Å². The van der Waals surface area contributed by atoms with Gasteiger partial charge in [0.05, 0.1) is 4.90 Å². The molecule has 22 heavy (non-hydrogen) atoms. The molecule has 1 aromatic heterocycles. The van der Waals surface area contributed by atoms with Crippen molar-refractivity contribution < 1.29 is 22.3 Å². The molecule has 112 valence electrons. The van der Waals surface area contributed by atoms with E-state index in [0.717, 1.165) is 17.5 Å². The van der Waals surface area contributed by atoms with E-state index in [0.29, 0.717) is 11.1 Å². The summed E-state index contributed by atoms with van der Waals surface area (Å²) < 4.78 is 41.4. The van der Waals surface area contributed by atoms with Crippen LogP contribution >= 0.6 is 0 Å². The van der Waals surface area contributed by atoms with Gasteiger partial charge in [-0.15, -0.1) is 0 Å². The van der Waals surface area contributed by atoms with Crippen LogP contribution in [0.5, 0.6) is 0 Å². The first-order valence-electron chi connectivity index (χ1n) is 6.14. The SMILES string of the molecule is O=S(=O)(/C=C/c1ccc2no[n+]([O-])c2c1)c1ccc(F)cc1. The molecule has 2 aromatic carbocycles. The standard InChI is InChI=1S/C14H9FN2O4S/c15-11-2-4-12(5-3-11)22(19,20)8-7-10-1-6-13-14(9-10)17(18)21-16-13/h1-9H/b8-7+. The lowest BCUT2D eigenvalue weighted by atomic mass is 10.2. The van der Waals surface area contributed by atoms with Crippen molar-refractivity contribution in [1.82, 2.24) is 5.16 Å². The van der Waals surface area contributed by atoms with E-state index in [-0.39, 0.29) is 15.3 Å². The van der Waals surface area contributed by atoms with Crippen molar-refractivity contribution >= 4 is 26.9 Å². The molecule has 6 nitrogen and oxygen atoms in total. The Morgan fingerprint density at radius 3 is 2.64 bits per heavy atom. The predicted octanol–water partition coefficient (Wildman–Crippen LogP) is 2.04. The highest BCUT2D eigenvalue weighted by atomic mass is 32.2. The Labute approximate surface area is 124 Å². The second-order valence-corrected chi connectivity index (χ2v) is 6.31. The minimum atomic E-state index is -3.70. The summed E-state index contributed by atoms with van der Waals surface area (Å²) in [5.74, 6) is -0.513. The van der Waals surface area contributed by atoms with E-state index in [1.165, 1.54) is 30.3 Å². The summed E-state index contributed by atoms with van der Waals surface area (Å²) in [6, 6.07) is 9.11. The van der Waals surface area contributed by atoms with Crippen LogP contribution in [0.4, 0.5) is 4.39 Å². The topological polar surface area (TPSA) is 87.1 Å². The third kappa shape index (κ3) is 2.68. The number of hydrogen-bond acceptors (Lipinski definition) is 5. The Kier molecular flexibility index (Phi) is 3.38. The average molecular weight is 320 g/mol. The van der Waals surface area contributed by atoms with Gasteiger partial charge in [0.15, 0.2) is 9.84 Å². The lowest BCUT2D eigenvalue weighted by Gasteiger charge is -1.98. The molecule has 0 saturated heterocycles. The fourth-order valence-electron chi connectivity index (χ4n) is 1.86. The monoisotopic (exact) mass is 320 g/mol. The van der Waals surface area contributed by atoms with Gasteiger partial charge in [-0.05, 0) is 46.9 Å². The highest BCUT2D eigenvalue weighted by molar-refractivity contribution is 7.94. The molecule has 0 aliphatic heterocycles. The number of sulfone groups is 1. The molecule has 8 heteroatoms. The van der Waals surface area contributed by atoms with Crippen molar-refractivity contribution in [2.75, 3.05) is 0 Å². The van der Waals surface area contributed by atoms with Crippen LogP contribution in [0.1, 0.15) is 5.56 Å². The van der Waals surface area contributed by atoms with Gasteiger partial charge in [-0.1, -0.05) is 6.07 Å². The second-order valence-electron chi connectivity index (χ2n) is 4.48.